The van der Waals surface area contributed by atoms with Gasteiger partial charge >= 0.3 is 5.97 Å². The second-order valence-electron chi connectivity index (χ2n) is 4.40. The molecular weight excluding hydrogens is 260 g/mol. The summed E-state index contributed by atoms with van der Waals surface area (Å²) in [6.07, 6.45) is 0.163. The highest BCUT2D eigenvalue weighted by atomic mass is 32.2. The first-order valence-electron chi connectivity index (χ1n) is 6.08. The summed E-state index contributed by atoms with van der Waals surface area (Å²) in [7, 11) is 0.134. The zero-order valence-electron chi connectivity index (χ0n) is 11.0. The Bertz CT molecular complexity index is 622. The van der Waals surface area contributed by atoms with Crippen molar-refractivity contribution < 1.29 is 13.7 Å². The van der Waals surface area contributed by atoms with Crippen LogP contribution >= 0.6 is 0 Å². The molecule has 0 fully saturated rings. The van der Waals surface area contributed by atoms with Crippen LogP contribution in [-0.4, -0.2) is 22.5 Å². The lowest BCUT2D eigenvalue weighted by atomic mass is 10.1. The monoisotopic (exact) mass is 276 g/mol. The highest BCUT2D eigenvalue weighted by molar-refractivity contribution is 7.85. The number of methoxy groups -OCH3 is 1. The quantitative estimate of drug-likeness (QED) is 0.806. The zero-order valence-corrected chi connectivity index (χ0v) is 11.8. The molecule has 2 aromatic carbocycles. The number of benzene rings is 2. The number of fused-ring (bicyclic) bond motifs is 1. The number of carbonyl (C=O) groups is 1. The number of rotatable bonds is 4. The molecule has 0 aromatic heterocycles. The minimum absolute atomic E-state index is 0.163. The molecular formula is C15H16O3S. The maximum absolute atomic E-state index is 12.3. The first-order valence-corrected chi connectivity index (χ1v) is 7.29. The fraction of sp³-hybridized carbons (Fsp3) is 0.267. The van der Waals surface area contributed by atoms with Gasteiger partial charge in [-0.2, -0.15) is 0 Å². The van der Waals surface area contributed by atoms with Crippen molar-refractivity contribution in [2.24, 2.45) is 0 Å². The normalized spacial score (nSPS) is 14.0. The number of carbonyl (C=O) groups excluding carboxylic acids is 1. The van der Waals surface area contributed by atoms with Gasteiger partial charge in [-0.25, -0.2) is 0 Å². The minimum atomic E-state index is -1.21. The summed E-state index contributed by atoms with van der Waals surface area (Å²) in [6, 6.07) is 13.6. The molecule has 0 aliphatic rings. The molecule has 0 radical (unpaired) electrons. The molecule has 0 aliphatic heterocycles. The van der Waals surface area contributed by atoms with Gasteiger partial charge in [0.1, 0.15) is 0 Å². The van der Waals surface area contributed by atoms with Crippen molar-refractivity contribution in [2.75, 3.05) is 7.11 Å². The Morgan fingerprint density at radius 3 is 2.58 bits per heavy atom. The van der Waals surface area contributed by atoms with Crippen molar-refractivity contribution in [1.29, 1.82) is 0 Å². The molecule has 0 saturated heterocycles. The van der Waals surface area contributed by atoms with Crippen molar-refractivity contribution in [3.8, 4) is 0 Å². The van der Waals surface area contributed by atoms with Crippen LogP contribution < -0.4 is 0 Å². The lowest BCUT2D eigenvalue weighted by molar-refractivity contribution is -0.140. The molecule has 4 heteroatoms. The number of ether oxygens (including phenoxy) is 1. The van der Waals surface area contributed by atoms with Crippen LogP contribution in [0.1, 0.15) is 13.3 Å². The predicted molar refractivity (Wildman–Crippen MR) is 76.5 cm³/mol. The Labute approximate surface area is 115 Å². The molecule has 3 nitrogen and oxygen atoms in total. The van der Waals surface area contributed by atoms with Crippen molar-refractivity contribution in [3.63, 3.8) is 0 Å². The molecule has 2 atom stereocenters. The van der Waals surface area contributed by atoms with E-state index in [0.29, 0.717) is 0 Å². The first kappa shape index (κ1) is 13.7. The largest absolute Gasteiger partial charge is 0.469 e. The molecule has 2 aromatic rings. The van der Waals surface area contributed by atoms with E-state index in [-0.39, 0.29) is 17.6 Å². The Hall–Kier alpha value is -1.68. The van der Waals surface area contributed by atoms with E-state index in [4.69, 9.17) is 0 Å². The van der Waals surface area contributed by atoms with Gasteiger partial charge < -0.3 is 4.74 Å². The standard InChI is InChI=1S/C15H16O3S/c1-11(9-15(16)18-2)19(17)14-8-7-12-5-3-4-6-13(12)10-14/h3-8,10-11H,9H2,1-2H3. The van der Waals surface area contributed by atoms with Gasteiger partial charge in [0.15, 0.2) is 0 Å². The van der Waals surface area contributed by atoms with Crippen molar-refractivity contribution in [3.05, 3.63) is 42.5 Å². The van der Waals surface area contributed by atoms with E-state index in [9.17, 15) is 9.00 Å². The fourth-order valence-corrected chi connectivity index (χ4v) is 3.12. The van der Waals surface area contributed by atoms with Crippen LogP contribution in [0.4, 0.5) is 0 Å². The van der Waals surface area contributed by atoms with Crippen LogP contribution in [-0.2, 0) is 20.3 Å². The van der Waals surface area contributed by atoms with Crippen molar-refractivity contribution in [1.82, 2.24) is 0 Å². The van der Waals surface area contributed by atoms with Crippen LogP contribution in [0.15, 0.2) is 47.4 Å². The van der Waals surface area contributed by atoms with E-state index in [0.717, 1.165) is 15.7 Å². The highest BCUT2D eigenvalue weighted by Gasteiger charge is 2.17. The molecule has 0 heterocycles. The lowest BCUT2D eigenvalue weighted by Crippen LogP contribution is -2.17. The Balaban J connectivity index is 2.23. The summed E-state index contributed by atoms with van der Waals surface area (Å²) in [5, 5.41) is 1.91. The van der Waals surface area contributed by atoms with Crippen LogP contribution in [0.3, 0.4) is 0 Å². The summed E-state index contributed by atoms with van der Waals surface area (Å²) < 4.78 is 16.9. The van der Waals surface area contributed by atoms with Gasteiger partial charge in [-0.1, -0.05) is 30.3 Å². The summed E-state index contributed by atoms with van der Waals surface area (Å²) in [6.45, 7) is 1.79. The number of hydrogen-bond donors (Lipinski definition) is 0. The van der Waals surface area contributed by atoms with Gasteiger partial charge in [0.05, 0.1) is 24.3 Å². The molecule has 2 rings (SSSR count). The minimum Gasteiger partial charge on any atom is -0.469 e. The number of hydrogen-bond acceptors (Lipinski definition) is 3. The van der Waals surface area contributed by atoms with Gasteiger partial charge in [-0.15, -0.1) is 0 Å². The Morgan fingerprint density at radius 2 is 1.89 bits per heavy atom. The van der Waals surface area contributed by atoms with Crippen LogP contribution in [0, 0.1) is 0 Å². The summed E-state index contributed by atoms with van der Waals surface area (Å²) in [5.41, 5.74) is 0. The van der Waals surface area contributed by atoms with Gasteiger partial charge in [-0.05, 0) is 29.8 Å². The summed E-state index contributed by atoms with van der Waals surface area (Å²) >= 11 is 0. The molecule has 0 N–H and O–H groups in total. The molecule has 0 bridgehead atoms. The second-order valence-corrected chi connectivity index (χ2v) is 6.27. The Kier molecular flexibility index (Phi) is 4.32. The molecule has 2 unspecified atom stereocenters. The first-order chi connectivity index (χ1) is 9.11. The fourth-order valence-electron chi connectivity index (χ4n) is 1.92. The van der Waals surface area contributed by atoms with Crippen molar-refractivity contribution >= 4 is 27.5 Å². The molecule has 19 heavy (non-hydrogen) atoms. The third kappa shape index (κ3) is 3.20. The van der Waals surface area contributed by atoms with E-state index < -0.39 is 10.8 Å². The van der Waals surface area contributed by atoms with Crippen LogP contribution in [0.25, 0.3) is 10.8 Å². The average molecular weight is 276 g/mol. The second kappa shape index (κ2) is 5.97. The number of esters is 1. The van der Waals surface area contributed by atoms with Gasteiger partial charge in [0, 0.05) is 10.1 Å². The van der Waals surface area contributed by atoms with E-state index in [1.165, 1.54) is 7.11 Å². The SMILES string of the molecule is COC(=O)CC(C)S(=O)c1ccc2ccccc2c1. The predicted octanol–water partition coefficient (Wildman–Crippen LogP) is 2.90. The third-order valence-electron chi connectivity index (χ3n) is 3.00. The maximum Gasteiger partial charge on any atom is 0.306 e. The zero-order chi connectivity index (χ0) is 13.8. The smallest absolute Gasteiger partial charge is 0.306 e. The van der Waals surface area contributed by atoms with E-state index >= 15 is 0 Å². The van der Waals surface area contributed by atoms with Gasteiger partial charge in [-0.3, -0.25) is 9.00 Å². The summed E-state index contributed by atoms with van der Waals surface area (Å²) in [4.78, 5) is 12.0. The van der Waals surface area contributed by atoms with E-state index in [1.807, 2.05) is 42.5 Å². The highest BCUT2D eigenvalue weighted by Crippen LogP contribution is 2.20. The Morgan fingerprint density at radius 1 is 1.21 bits per heavy atom. The molecule has 0 amide bonds. The average Bonchev–Trinajstić information content (AvgIpc) is 2.45. The van der Waals surface area contributed by atoms with Crippen LogP contribution in [0.2, 0.25) is 0 Å². The van der Waals surface area contributed by atoms with Gasteiger partial charge in [0.2, 0.25) is 0 Å². The van der Waals surface area contributed by atoms with Gasteiger partial charge in [0.25, 0.3) is 0 Å². The van der Waals surface area contributed by atoms with E-state index in [2.05, 4.69) is 4.74 Å². The third-order valence-corrected chi connectivity index (χ3v) is 4.62. The molecule has 100 valence electrons. The summed E-state index contributed by atoms with van der Waals surface area (Å²) in [5.74, 6) is -0.332. The van der Waals surface area contributed by atoms with E-state index in [1.54, 1.807) is 6.92 Å². The molecule has 0 aliphatic carbocycles. The van der Waals surface area contributed by atoms with Crippen LogP contribution in [0.5, 0.6) is 0 Å². The molecule has 0 saturated carbocycles. The maximum atomic E-state index is 12.3. The lowest BCUT2D eigenvalue weighted by Gasteiger charge is -2.10. The molecule has 0 spiro atoms. The van der Waals surface area contributed by atoms with Crippen molar-refractivity contribution in [2.45, 2.75) is 23.5 Å². The topological polar surface area (TPSA) is 43.4 Å².